The van der Waals surface area contributed by atoms with Crippen LogP contribution in [-0.2, 0) is 4.79 Å². The zero-order chi connectivity index (χ0) is 19.3. The van der Waals surface area contributed by atoms with E-state index in [1.54, 1.807) is 11.3 Å². The largest absolute Gasteiger partial charge is 0.352 e. The van der Waals surface area contributed by atoms with Crippen molar-refractivity contribution in [2.75, 3.05) is 0 Å². The van der Waals surface area contributed by atoms with Gasteiger partial charge in [0.25, 0.3) is 0 Å². The lowest BCUT2D eigenvalue weighted by Gasteiger charge is -2.24. The Morgan fingerprint density at radius 3 is 2.64 bits per heavy atom. The predicted molar refractivity (Wildman–Crippen MR) is 115 cm³/mol. The molecule has 1 amide bonds. The number of rotatable bonds is 6. The van der Waals surface area contributed by atoms with Crippen LogP contribution >= 0.6 is 23.1 Å². The summed E-state index contributed by atoms with van der Waals surface area (Å²) in [6, 6.07) is 14.4. The van der Waals surface area contributed by atoms with Crippen LogP contribution in [0.25, 0.3) is 16.4 Å². The van der Waals surface area contributed by atoms with Gasteiger partial charge in [0, 0.05) is 11.7 Å². The molecule has 5 nitrogen and oxygen atoms in total. The fraction of sp³-hybridized carbons (Fsp3) is 0.381. The van der Waals surface area contributed by atoms with E-state index < -0.39 is 0 Å². The van der Waals surface area contributed by atoms with Crippen LogP contribution in [0.1, 0.15) is 39.0 Å². The van der Waals surface area contributed by atoms with Crippen molar-refractivity contribution in [3.63, 3.8) is 0 Å². The van der Waals surface area contributed by atoms with Crippen LogP contribution in [0, 0.1) is 0 Å². The third-order valence-electron chi connectivity index (χ3n) is 4.99. The highest BCUT2D eigenvalue weighted by Gasteiger charge is 2.24. The van der Waals surface area contributed by atoms with E-state index in [1.807, 2.05) is 59.3 Å². The van der Waals surface area contributed by atoms with Crippen molar-refractivity contribution >= 4 is 29.0 Å². The molecule has 0 aliphatic heterocycles. The zero-order valence-electron chi connectivity index (χ0n) is 15.9. The molecule has 0 radical (unpaired) electrons. The van der Waals surface area contributed by atoms with E-state index in [9.17, 15) is 4.79 Å². The first-order chi connectivity index (χ1) is 13.7. The normalized spacial score (nSPS) is 16.0. The Morgan fingerprint density at radius 1 is 1.14 bits per heavy atom. The van der Waals surface area contributed by atoms with Crippen molar-refractivity contribution in [1.82, 2.24) is 20.1 Å². The summed E-state index contributed by atoms with van der Waals surface area (Å²) in [4.78, 5) is 13.8. The van der Waals surface area contributed by atoms with E-state index in [0.717, 1.165) is 34.4 Å². The second-order valence-electron chi connectivity index (χ2n) is 7.06. The molecule has 0 saturated heterocycles. The minimum Gasteiger partial charge on any atom is -0.352 e. The third-order valence-corrected chi connectivity index (χ3v) is 6.90. The molecule has 146 valence electrons. The van der Waals surface area contributed by atoms with Gasteiger partial charge in [-0.2, -0.15) is 0 Å². The third kappa shape index (κ3) is 4.31. The molecular formula is C21H24N4OS2. The van der Waals surface area contributed by atoms with Gasteiger partial charge in [0.05, 0.1) is 10.1 Å². The molecule has 4 rings (SSSR count). The smallest absolute Gasteiger partial charge is 0.233 e. The van der Waals surface area contributed by atoms with Gasteiger partial charge in [0.15, 0.2) is 11.0 Å². The van der Waals surface area contributed by atoms with Crippen molar-refractivity contribution in [2.24, 2.45) is 0 Å². The van der Waals surface area contributed by atoms with Crippen LogP contribution in [0.3, 0.4) is 0 Å². The maximum atomic E-state index is 12.7. The molecule has 1 aliphatic rings. The molecule has 1 aromatic carbocycles. The average Bonchev–Trinajstić information content (AvgIpc) is 3.39. The number of nitrogens with zero attached hydrogens (tertiary/aromatic N) is 3. The summed E-state index contributed by atoms with van der Waals surface area (Å²) >= 11 is 3.10. The Labute approximate surface area is 173 Å². The molecule has 1 saturated carbocycles. The van der Waals surface area contributed by atoms with Crippen LogP contribution in [0.4, 0.5) is 0 Å². The van der Waals surface area contributed by atoms with Crippen LogP contribution in [0.2, 0.25) is 0 Å². The second kappa shape index (κ2) is 8.92. The molecule has 1 atom stereocenters. The van der Waals surface area contributed by atoms with E-state index in [4.69, 9.17) is 0 Å². The van der Waals surface area contributed by atoms with E-state index in [2.05, 4.69) is 15.5 Å². The highest BCUT2D eigenvalue weighted by Crippen LogP contribution is 2.32. The molecule has 1 N–H and O–H groups in total. The summed E-state index contributed by atoms with van der Waals surface area (Å²) in [5.74, 6) is 0.890. The van der Waals surface area contributed by atoms with Crippen molar-refractivity contribution in [2.45, 2.75) is 55.5 Å². The molecule has 1 aliphatic carbocycles. The lowest BCUT2D eigenvalue weighted by atomic mass is 9.95. The van der Waals surface area contributed by atoms with Crippen LogP contribution in [-0.4, -0.2) is 32.0 Å². The van der Waals surface area contributed by atoms with Crippen molar-refractivity contribution in [3.05, 3.63) is 47.8 Å². The number of amides is 1. The summed E-state index contributed by atoms with van der Waals surface area (Å²) < 4.78 is 2.04. The monoisotopic (exact) mass is 412 g/mol. The molecule has 3 aromatic rings. The highest BCUT2D eigenvalue weighted by atomic mass is 32.2. The zero-order valence-corrected chi connectivity index (χ0v) is 17.5. The number of thioether (sulfide) groups is 1. The number of carbonyl (C=O) groups excluding carboxylic acids is 1. The van der Waals surface area contributed by atoms with Gasteiger partial charge in [-0.05, 0) is 43.3 Å². The molecule has 1 fully saturated rings. The van der Waals surface area contributed by atoms with Gasteiger partial charge >= 0.3 is 0 Å². The van der Waals surface area contributed by atoms with E-state index in [-0.39, 0.29) is 11.2 Å². The average molecular weight is 413 g/mol. The van der Waals surface area contributed by atoms with Crippen LogP contribution in [0.15, 0.2) is 53.0 Å². The Bertz CT molecular complexity index is 902. The highest BCUT2D eigenvalue weighted by molar-refractivity contribution is 8.00. The molecule has 2 heterocycles. The van der Waals surface area contributed by atoms with Crippen LogP contribution in [0.5, 0.6) is 0 Å². The number of carbonyl (C=O) groups is 1. The van der Waals surface area contributed by atoms with E-state index >= 15 is 0 Å². The second-order valence-corrected chi connectivity index (χ2v) is 9.31. The Hall–Kier alpha value is -2.12. The van der Waals surface area contributed by atoms with Crippen molar-refractivity contribution < 1.29 is 4.79 Å². The number of hydrogen-bond acceptors (Lipinski definition) is 5. The molecular weight excluding hydrogens is 388 g/mol. The van der Waals surface area contributed by atoms with Gasteiger partial charge < -0.3 is 5.32 Å². The first kappa shape index (κ1) is 19.2. The lowest BCUT2D eigenvalue weighted by Crippen LogP contribution is -2.40. The predicted octanol–water partition coefficient (Wildman–Crippen LogP) is 4.93. The van der Waals surface area contributed by atoms with E-state index in [1.165, 1.54) is 31.0 Å². The van der Waals surface area contributed by atoms with Gasteiger partial charge in [-0.3, -0.25) is 9.36 Å². The summed E-state index contributed by atoms with van der Waals surface area (Å²) in [5.41, 5.74) is 0.998. The lowest BCUT2D eigenvalue weighted by molar-refractivity contribution is -0.121. The quantitative estimate of drug-likeness (QED) is 0.584. The van der Waals surface area contributed by atoms with Gasteiger partial charge in [-0.25, -0.2) is 0 Å². The number of aromatic nitrogens is 3. The first-order valence-electron chi connectivity index (χ1n) is 9.74. The summed E-state index contributed by atoms with van der Waals surface area (Å²) in [6.07, 6.45) is 5.87. The van der Waals surface area contributed by atoms with Gasteiger partial charge in [0.2, 0.25) is 5.91 Å². The number of para-hydroxylation sites is 1. The summed E-state index contributed by atoms with van der Waals surface area (Å²) in [7, 11) is 0. The minimum absolute atomic E-state index is 0.0807. The number of thiophene rings is 1. The SMILES string of the molecule is CC(Sc1nnc(-c2cccs2)n1-c1ccccc1)C(=O)NC1CCCCC1. The maximum Gasteiger partial charge on any atom is 0.233 e. The number of benzene rings is 1. The fourth-order valence-corrected chi connectivity index (χ4v) is 5.07. The molecule has 28 heavy (non-hydrogen) atoms. The summed E-state index contributed by atoms with van der Waals surface area (Å²) in [6.45, 7) is 1.94. The first-order valence-corrected chi connectivity index (χ1v) is 11.5. The molecule has 2 aromatic heterocycles. The van der Waals surface area contributed by atoms with Crippen molar-refractivity contribution in [3.8, 4) is 16.4 Å². The fourth-order valence-electron chi connectivity index (χ4n) is 3.50. The number of nitrogens with one attached hydrogen (secondary N) is 1. The van der Waals surface area contributed by atoms with Gasteiger partial charge in [0.1, 0.15) is 0 Å². The number of hydrogen-bond donors (Lipinski definition) is 1. The standard InChI is InChI=1S/C21H24N4OS2/c1-15(20(26)22-16-9-4-2-5-10-16)28-21-24-23-19(18-13-8-14-27-18)25(21)17-11-6-3-7-12-17/h3,6-8,11-16H,2,4-5,9-10H2,1H3,(H,22,26). The molecule has 0 bridgehead atoms. The van der Waals surface area contributed by atoms with Gasteiger partial charge in [-0.15, -0.1) is 21.5 Å². The topological polar surface area (TPSA) is 59.8 Å². The molecule has 0 spiro atoms. The van der Waals surface area contributed by atoms with E-state index in [0.29, 0.717) is 6.04 Å². The molecule has 1 unspecified atom stereocenters. The van der Waals surface area contributed by atoms with Crippen LogP contribution < -0.4 is 5.32 Å². The Morgan fingerprint density at radius 2 is 1.93 bits per heavy atom. The Balaban J connectivity index is 1.56. The van der Waals surface area contributed by atoms with Gasteiger partial charge in [-0.1, -0.05) is 55.3 Å². The Kier molecular flexibility index (Phi) is 6.12. The maximum absolute atomic E-state index is 12.7. The summed E-state index contributed by atoms with van der Waals surface area (Å²) in [5, 5.41) is 14.6. The van der Waals surface area contributed by atoms with Crippen molar-refractivity contribution in [1.29, 1.82) is 0 Å². The molecule has 7 heteroatoms. The minimum atomic E-state index is -0.232.